The number of nitrogens with zero attached hydrogens (tertiary/aromatic N) is 2. The number of phosphoric ester groups is 1. The molecule has 1 aromatic rings. The van der Waals surface area contributed by atoms with E-state index >= 15 is 0 Å². The molecule has 0 aliphatic carbocycles. The number of amides is 1. The van der Waals surface area contributed by atoms with Crippen LogP contribution in [0.15, 0.2) is 11.0 Å². The van der Waals surface area contributed by atoms with Crippen LogP contribution in [0.2, 0.25) is 0 Å². The first kappa shape index (κ1) is 18.6. The molecule has 4 atom stereocenters. The average molecular weight is 369 g/mol. The number of ether oxygens (including phenoxy) is 1. The second kappa shape index (κ2) is 6.64. The summed E-state index contributed by atoms with van der Waals surface area (Å²) >= 11 is 0. The van der Waals surface area contributed by atoms with E-state index in [4.69, 9.17) is 20.3 Å². The molecule has 1 aliphatic rings. The lowest BCUT2D eigenvalue weighted by molar-refractivity contribution is -0.0542. The van der Waals surface area contributed by atoms with Gasteiger partial charge in [-0.05, 0) is 0 Å². The smallest absolute Gasteiger partial charge is 0.387 e. The number of primary amides is 1. The van der Waals surface area contributed by atoms with Gasteiger partial charge in [0.2, 0.25) is 5.95 Å². The van der Waals surface area contributed by atoms with Crippen LogP contribution >= 0.6 is 7.82 Å². The SMILES string of the molecule is NC(=O)c1nc(F)cn(C2OC(COP(=O)(O)O)C(O)C2O)c1=O. The Labute approximate surface area is 132 Å². The number of phosphoric acid groups is 1. The van der Waals surface area contributed by atoms with Gasteiger partial charge in [-0.1, -0.05) is 0 Å². The molecule has 6 N–H and O–H groups in total. The first-order valence-corrected chi connectivity index (χ1v) is 7.84. The second-order valence-corrected chi connectivity index (χ2v) is 6.06. The molecular formula is C10H13FN3O9P. The number of halogens is 1. The third kappa shape index (κ3) is 3.84. The van der Waals surface area contributed by atoms with E-state index in [9.17, 15) is 28.8 Å². The number of rotatable bonds is 5. The highest BCUT2D eigenvalue weighted by Gasteiger charge is 2.45. The minimum absolute atomic E-state index is 0.452. The molecule has 0 bridgehead atoms. The summed E-state index contributed by atoms with van der Waals surface area (Å²) in [5.74, 6) is -2.59. The van der Waals surface area contributed by atoms with E-state index in [2.05, 4.69) is 9.51 Å². The zero-order chi connectivity index (χ0) is 18.2. The van der Waals surface area contributed by atoms with Crippen LogP contribution < -0.4 is 11.3 Å². The van der Waals surface area contributed by atoms with Gasteiger partial charge in [0, 0.05) is 0 Å². The summed E-state index contributed by atoms with van der Waals surface area (Å²) in [5.41, 5.74) is 2.76. The molecule has 24 heavy (non-hydrogen) atoms. The number of aliphatic hydroxyl groups excluding tert-OH is 2. The molecule has 12 nitrogen and oxygen atoms in total. The van der Waals surface area contributed by atoms with Gasteiger partial charge in [0.1, 0.15) is 18.3 Å². The van der Waals surface area contributed by atoms with Gasteiger partial charge < -0.3 is 30.5 Å². The Hall–Kier alpha value is -1.73. The average Bonchev–Trinajstić information content (AvgIpc) is 2.74. The molecule has 2 heterocycles. The van der Waals surface area contributed by atoms with Crippen LogP contribution in [0.5, 0.6) is 0 Å². The fourth-order valence-electron chi connectivity index (χ4n) is 2.10. The van der Waals surface area contributed by atoms with Crippen LogP contribution in [-0.4, -0.2) is 60.4 Å². The number of aromatic nitrogens is 2. The van der Waals surface area contributed by atoms with E-state index < -0.39 is 62.1 Å². The normalized spacial score (nSPS) is 27.4. The Morgan fingerprint density at radius 3 is 2.62 bits per heavy atom. The van der Waals surface area contributed by atoms with Crippen LogP contribution in [-0.2, 0) is 13.8 Å². The fourth-order valence-corrected chi connectivity index (χ4v) is 2.44. The van der Waals surface area contributed by atoms with Crippen molar-refractivity contribution in [2.75, 3.05) is 6.61 Å². The molecule has 0 radical (unpaired) electrons. The Kier molecular flexibility index (Phi) is 5.15. The highest BCUT2D eigenvalue weighted by Crippen LogP contribution is 2.38. The Morgan fingerprint density at radius 1 is 1.46 bits per heavy atom. The van der Waals surface area contributed by atoms with Crippen molar-refractivity contribution >= 4 is 13.7 Å². The van der Waals surface area contributed by atoms with Crippen LogP contribution in [0, 0.1) is 5.95 Å². The molecule has 14 heteroatoms. The number of carbonyl (C=O) groups is 1. The van der Waals surface area contributed by atoms with Crippen molar-refractivity contribution in [1.82, 2.24) is 9.55 Å². The quantitative estimate of drug-likeness (QED) is 0.338. The van der Waals surface area contributed by atoms with Gasteiger partial charge in [-0.25, -0.2) is 9.55 Å². The number of nitrogens with two attached hydrogens (primary N) is 1. The van der Waals surface area contributed by atoms with Crippen molar-refractivity contribution in [3.05, 3.63) is 28.2 Å². The van der Waals surface area contributed by atoms with E-state index in [-0.39, 0.29) is 0 Å². The van der Waals surface area contributed by atoms with Gasteiger partial charge in [-0.3, -0.25) is 18.7 Å². The Balaban J connectivity index is 2.32. The molecule has 1 aromatic heterocycles. The number of aliphatic hydroxyl groups is 2. The van der Waals surface area contributed by atoms with Crippen molar-refractivity contribution in [1.29, 1.82) is 0 Å². The van der Waals surface area contributed by atoms with Gasteiger partial charge >= 0.3 is 7.82 Å². The van der Waals surface area contributed by atoms with Crippen molar-refractivity contribution < 1.29 is 43.0 Å². The van der Waals surface area contributed by atoms with E-state index in [0.29, 0.717) is 10.8 Å². The van der Waals surface area contributed by atoms with Gasteiger partial charge in [-0.2, -0.15) is 4.39 Å². The molecule has 1 saturated heterocycles. The lowest BCUT2D eigenvalue weighted by Gasteiger charge is -2.18. The summed E-state index contributed by atoms with van der Waals surface area (Å²) in [5, 5.41) is 19.7. The predicted octanol–water partition coefficient (Wildman–Crippen LogP) is -2.79. The van der Waals surface area contributed by atoms with Crippen LogP contribution in [0.4, 0.5) is 4.39 Å². The summed E-state index contributed by atoms with van der Waals surface area (Å²) in [7, 11) is -4.87. The molecule has 0 aromatic carbocycles. The maximum absolute atomic E-state index is 13.4. The summed E-state index contributed by atoms with van der Waals surface area (Å²) in [6.45, 7) is -0.815. The standard InChI is InChI=1S/C10H13FN3O9P/c11-4-1-14(9(18)5(13-4)8(12)17)10-7(16)6(15)3(23-10)2-22-24(19,20)21/h1,3,6-7,10,15-16H,2H2,(H2,12,17)(H2,19,20,21). The van der Waals surface area contributed by atoms with Crippen molar-refractivity contribution in [3.8, 4) is 0 Å². The van der Waals surface area contributed by atoms with Gasteiger partial charge in [0.15, 0.2) is 11.9 Å². The zero-order valence-corrected chi connectivity index (χ0v) is 12.6. The third-order valence-electron chi connectivity index (χ3n) is 3.15. The molecule has 0 saturated carbocycles. The molecule has 4 unspecified atom stereocenters. The van der Waals surface area contributed by atoms with Crippen molar-refractivity contribution in [2.24, 2.45) is 5.73 Å². The number of hydrogen-bond acceptors (Lipinski definition) is 8. The molecule has 1 amide bonds. The highest BCUT2D eigenvalue weighted by atomic mass is 31.2. The molecular weight excluding hydrogens is 356 g/mol. The summed E-state index contributed by atoms with van der Waals surface area (Å²) < 4.78 is 33.8. The van der Waals surface area contributed by atoms with Gasteiger partial charge in [0.25, 0.3) is 11.5 Å². The molecule has 1 fully saturated rings. The topological polar surface area (TPSA) is 194 Å². The summed E-state index contributed by atoms with van der Waals surface area (Å²) in [6.07, 6.45) is -6.06. The van der Waals surface area contributed by atoms with Crippen LogP contribution in [0.1, 0.15) is 16.7 Å². The van der Waals surface area contributed by atoms with Crippen LogP contribution in [0.3, 0.4) is 0 Å². The first-order chi connectivity index (χ1) is 11.0. The Morgan fingerprint density at radius 2 is 2.08 bits per heavy atom. The van der Waals surface area contributed by atoms with E-state index in [1.807, 2.05) is 0 Å². The maximum Gasteiger partial charge on any atom is 0.469 e. The van der Waals surface area contributed by atoms with Gasteiger partial charge in [0.05, 0.1) is 12.8 Å². The summed E-state index contributed by atoms with van der Waals surface area (Å²) in [4.78, 5) is 43.4. The summed E-state index contributed by atoms with van der Waals surface area (Å²) in [6, 6.07) is 0. The predicted molar refractivity (Wildman–Crippen MR) is 70.9 cm³/mol. The van der Waals surface area contributed by atoms with Crippen molar-refractivity contribution in [2.45, 2.75) is 24.5 Å². The second-order valence-electron chi connectivity index (χ2n) is 4.82. The van der Waals surface area contributed by atoms with E-state index in [1.165, 1.54) is 0 Å². The minimum Gasteiger partial charge on any atom is -0.387 e. The minimum atomic E-state index is -4.87. The molecule has 2 rings (SSSR count). The lowest BCUT2D eigenvalue weighted by atomic mass is 10.1. The lowest BCUT2D eigenvalue weighted by Crippen LogP contribution is -2.38. The largest absolute Gasteiger partial charge is 0.469 e. The Bertz CT molecular complexity index is 750. The molecule has 134 valence electrons. The monoisotopic (exact) mass is 369 g/mol. The molecule has 0 spiro atoms. The van der Waals surface area contributed by atoms with E-state index in [0.717, 1.165) is 0 Å². The fraction of sp³-hybridized carbons (Fsp3) is 0.500. The third-order valence-corrected chi connectivity index (χ3v) is 3.64. The number of hydrogen-bond donors (Lipinski definition) is 5. The zero-order valence-electron chi connectivity index (χ0n) is 11.7. The number of carbonyl (C=O) groups excluding carboxylic acids is 1. The van der Waals surface area contributed by atoms with Gasteiger partial charge in [-0.15, -0.1) is 0 Å². The maximum atomic E-state index is 13.4. The molecule has 1 aliphatic heterocycles. The van der Waals surface area contributed by atoms with E-state index in [1.54, 1.807) is 0 Å². The van der Waals surface area contributed by atoms with Crippen LogP contribution in [0.25, 0.3) is 0 Å². The first-order valence-electron chi connectivity index (χ1n) is 6.31. The van der Waals surface area contributed by atoms with Crippen molar-refractivity contribution in [3.63, 3.8) is 0 Å². The highest BCUT2D eigenvalue weighted by molar-refractivity contribution is 7.46.